The average Bonchev–Trinajstić information content (AvgIpc) is 4.00. The molecule has 57 heavy (non-hydrogen) atoms. The van der Waals surface area contributed by atoms with Gasteiger partial charge in [-0.15, -0.1) is 0 Å². The van der Waals surface area contributed by atoms with Gasteiger partial charge in [-0.3, -0.25) is 28.2 Å². The molecule has 0 N–H and O–H groups in total. The lowest BCUT2D eigenvalue weighted by molar-refractivity contribution is 1.05. The van der Waals surface area contributed by atoms with Crippen LogP contribution in [0.4, 0.5) is 0 Å². The highest BCUT2D eigenvalue weighted by Crippen LogP contribution is 2.45. The van der Waals surface area contributed by atoms with Gasteiger partial charge in [0.15, 0.2) is 5.82 Å². The number of nitrogens with zero attached hydrogens (tertiary/aromatic N) is 8. The highest BCUT2D eigenvalue weighted by molar-refractivity contribution is 7.00. The molecular weight excluding hydrogens is 699 g/mol. The van der Waals surface area contributed by atoms with Gasteiger partial charge in [0.2, 0.25) is 0 Å². The van der Waals surface area contributed by atoms with Crippen molar-refractivity contribution in [2.75, 3.05) is 0 Å². The van der Waals surface area contributed by atoms with E-state index in [0.717, 1.165) is 72.4 Å². The molecule has 14 rings (SSSR count). The zero-order valence-electron chi connectivity index (χ0n) is 30.2. The maximum atomic E-state index is 5.08. The Morgan fingerprint density at radius 1 is 0.421 bits per heavy atom. The molecule has 7 aromatic heterocycles. The van der Waals surface area contributed by atoms with Gasteiger partial charge in [0.25, 0.3) is 6.71 Å². The lowest BCUT2D eigenvalue weighted by Gasteiger charge is -2.34. The molecule has 2 aliphatic heterocycles. The van der Waals surface area contributed by atoms with Crippen LogP contribution in [0.3, 0.4) is 0 Å². The van der Waals surface area contributed by atoms with E-state index >= 15 is 0 Å². The Bertz CT molecular complexity index is 3470. The van der Waals surface area contributed by atoms with E-state index in [1.807, 2.05) is 43.0 Å². The molecule has 0 radical (unpaired) electrons. The van der Waals surface area contributed by atoms with E-state index in [2.05, 4.69) is 140 Å². The minimum Gasteiger partial charge on any atom is -0.296 e. The van der Waals surface area contributed by atoms with Gasteiger partial charge in [-0.05, 0) is 83.1 Å². The second kappa shape index (κ2) is 10.5. The number of para-hydroxylation sites is 4. The molecule has 0 bridgehead atoms. The van der Waals surface area contributed by atoms with Crippen molar-refractivity contribution in [1.82, 2.24) is 38.2 Å². The van der Waals surface area contributed by atoms with Crippen LogP contribution >= 0.6 is 0 Å². The number of hydrogen-bond donors (Lipinski definition) is 0. The maximum Gasteiger partial charge on any atom is 0.252 e. The fraction of sp³-hybridized carbons (Fsp3) is 0. The fourth-order valence-electron chi connectivity index (χ4n) is 10.3. The molecule has 0 spiro atoms. The summed E-state index contributed by atoms with van der Waals surface area (Å²) < 4.78 is 9.80. The van der Waals surface area contributed by atoms with Crippen molar-refractivity contribution in [3.05, 3.63) is 164 Å². The van der Waals surface area contributed by atoms with Crippen molar-refractivity contribution >= 4 is 89.0 Å². The van der Waals surface area contributed by atoms with Crippen LogP contribution in [-0.2, 0) is 0 Å². The zero-order chi connectivity index (χ0) is 36.9. The predicted molar refractivity (Wildman–Crippen MR) is 230 cm³/mol. The smallest absolute Gasteiger partial charge is 0.252 e. The standard InChI is InChI=1S/C48H27BN8/c1-3-12-29(13-4-1)54-35-20-9-22-50-42(35)39-31-16-7-18-33-44(31)56(47(39)54)37-26-28(46-52-24-11-25-53-46)27-38-41(37)49(33)34-19-8-17-32-40-43-36(21-10-23-51-43)55(30-14-5-2-6-15-30)48(40)57(38)45(32)34/h1-27H. The summed E-state index contributed by atoms with van der Waals surface area (Å²) in [5, 5.41) is 4.68. The van der Waals surface area contributed by atoms with Crippen molar-refractivity contribution in [2.45, 2.75) is 0 Å². The second-order valence-electron chi connectivity index (χ2n) is 15.1. The highest BCUT2D eigenvalue weighted by Gasteiger charge is 2.43. The quantitative estimate of drug-likeness (QED) is 0.172. The summed E-state index contributed by atoms with van der Waals surface area (Å²) in [5.41, 5.74) is 17.9. The summed E-state index contributed by atoms with van der Waals surface area (Å²) >= 11 is 0. The Labute approximate surface area is 324 Å². The van der Waals surface area contributed by atoms with Crippen molar-refractivity contribution in [1.29, 1.82) is 0 Å². The van der Waals surface area contributed by atoms with Crippen molar-refractivity contribution in [2.24, 2.45) is 0 Å². The molecule has 0 saturated heterocycles. The molecule has 9 heterocycles. The fourth-order valence-corrected chi connectivity index (χ4v) is 10.3. The first-order valence-electron chi connectivity index (χ1n) is 19.3. The number of pyridine rings is 2. The van der Waals surface area contributed by atoms with Gasteiger partial charge in [0, 0.05) is 63.9 Å². The van der Waals surface area contributed by atoms with Gasteiger partial charge in [0.05, 0.1) is 43.9 Å². The van der Waals surface area contributed by atoms with Crippen molar-refractivity contribution in [3.8, 4) is 34.1 Å². The summed E-state index contributed by atoms with van der Waals surface area (Å²) in [6, 6.07) is 50.0. The largest absolute Gasteiger partial charge is 0.296 e. The minimum atomic E-state index is -0.0278. The first-order chi connectivity index (χ1) is 28.3. The lowest BCUT2D eigenvalue weighted by Crippen LogP contribution is -2.59. The van der Waals surface area contributed by atoms with Gasteiger partial charge < -0.3 is 0 Å². The Balaban J connectivity index is 1.24. The molecule has 12 aromatic rings. The average molecular weight is 727 g/mol. The molecular formula is C48H27BN8. The molecule has 9 heteroatoms. The first-order valence-corrected chi connectivity index (χ1v) is 19.3. The maximum absolute atomic E-state index is 5.08. The van der Waals surface area contributed by atoms with E-state index in [1.165, 1.54) is 38.2 Å². The molecule has 0 unspecified atom stereocenters. The summed E-state index contributed by atoms with van der Waals surface area (Å²) in [6.07, 6.45) is 7.49. The Hall–Kier alpha value is -7.78. The second-order valence-corrected chi connectivity index (χ2v) is 15.1. The molecule has 0 amide bonds. The van der Waals surface area contributed by atoms with E-state index in [1.54, 1.807) is 0 Å². The van der Waals surface area contributed by atoms with Crippen LogP contribution in [0, 0.1) is 0 Å². The molecule has 8 nitrogen and oxygen atoms in total. The van der Waals surface area contributed by atoms with E-state index in [0.29, 0.717) is 5.82 Å². The van der Waals surface area contributed by atoms with Crippen LogP contribution in [0.2, 0.25) is 0 Å². The van der Waals surface area contributed by atoms with Gasteiger partial charge in [-0.25, -0.2) is 9.97 Å². The van der Waals surface area contributed by atoms with E-state index in [9.17, 15) is 0 Å². The van der Waals surface area contributed by atoms with Crippen LogP contribution in [0.5, 0.6) is 0 Å². The van der Waals surface area contributed by atoms with Gasteiger partial charge in [-0.1, -0.05) is 72.8 Å². The number of hydrogen-bond acceptors (Lipinski definition) is 4. The third-order valence-electron chi connectivity index (χ3n) is 12.3. The Kier molecular flexibility index (Phi) is 5.44. The first kappa shape index (κ1) is 29.6. The minimum absolute atomic E-state index is 0.0278. The molecule has 0 saturated carbocycles. The lowest BCUT2D eigenvalue weighted by atomic mass is 9.34. The van der Waals surface area contributed by atoms with Gasteiger partial charge >= 0.3 is 0 Å². The van der Waals surface area contributed by atoms with Crippen LogP contribution in [0.25, 0.3) is 100 Å². The van der Waals surface area contributed by atoms with Crippen LogP contribution < -0.4 is 16.4 Å². The zero-order valence-corrected chi connectivity index (χ0v) is 30.2. The summed E-state index contributed by atoms with van der Waals surface area (Å²) in [6.45, 7) is -0.0278. The SMILES string of the molecule is c1ccc(-n2c3cccnc3c3c4cccc5c4n(c32)-c2cc(-c3ncccn3)cc3c2B5c2cccc4c5c6ncccc6n(-c6ccccc6)c5n-3c24)cc1. The highest BCUT2D eigenvalue weighted by atomic mass is 15.2. The normalized spacial score (nSPS) is 12.9. The Morgan fingerprint density at radius 2 is 0.912 bits per heavy atom. The predicted octanol–water partition coefficient (Wildman–Crippen LogP) is 8.16. The van der Waals surface area contributed by atoms with E-state index < -0.39 is 0 Å². The van der Waals surface area contributed by atoms with E-state index in [-0.39, 0.29) is 6.71 Å². The number of fused-ring (bicyclic) bond motifs is 14. The summed E-state index contributed by atoms with van der Waals surface area (Å²) in [5.74, 6) is 0.681. The number of aromatic nitrogens is 8. The summed E-state index contributed by atoms with van der Waals surface area (Å²) in [7, 11) is 0. The number of benzene rings is 5. The molecule has 262 valence electrons. The topological polar surface area (TPSA) is 71.3 Å². The summed E-state index contributed by atoms with van der Waals surface area (Å²) in [4.78, 5) is 19.8. The number of rotatable bonds is 3. The van der Waals surface area contributed by atoms with Gasteiger partial charge in [-0.2, -0.15) is 0 Å². The van der Waals surface area contributed by atoms with Crippen LogP contribution in [0.15, 0.2) is 164 Å². The van der Waals surface area contributed by atoms with Gasteiger partial charge in [0.1, 0.15) is 11.3 Å². The third kappa shape index (κ3) is 3.56. The molecule has 0 atom stereocenters. The molecule has 5 aromatic carbocycles. The van der Waals surface area contributed by atoms with Crippen LogP contribution in [-0.4, -0.2) is 44.9 Å². The van der Waals surface area contributed by atoms with Crippen LogP contribution in [0.1, 0.15) is 0 Å². The molecule has 2 aliphatic rings. The Morgan fingerprint density at radius 3 is 1.42 bits per heavy atom. The molecule has 0 fully saturated rings. The van der Waals surface area contributed by atoms with E-state index in [4.69, 9.17) is 19.9 Å². The van der Waals surface area contributed by atoms with Crippen molar-refractivity contribution in [3.63, 3.8) is 0 Å². The molecule has 0 aliphatic carbocycles. The monoisotopic (exact) mass is 726 g/mol. The third-order valence-corrected chi connectivity index (χ3v) is 12.3. The van der Waals surface area contributed by atoms with Crippen molar-refractivity contribution < 1.29 is 0 Å².